The Bertz CT molecular complexity index is 491. The van der Waals surface area contributed by atoms with Gasteiger partial charge in [0.05, 0.1) is 0 Å². The minimum Gasteiger partial charge on any atom is -0.324 e. The van der Waals surface area contributed by atoms with Gasteiger partial charge in [-0.15, -0.1) is 0 Å². The maximum atomic E-state index is 12.3. The van der Waals surface area contributed by atoms with Crippen LogP contribution in [0.5, 0.6) is 0 Å². The average molecular weight is 287 g/mol. The highest BCUT2D eigenvalue weighted by Crippen LogP contribution is 2.28. The number of nitrogens with zero attached hydrogens (tertiary/aromatic N) is 1. The molecular formula is C17H25N3O. The lowest BCUT2D eigenvalue weighted by Crippen LogP contribution is -2.46. The van der Waals surface area contributed by atoms with Gasteiger partial charge < -0.3 is 15.5 Å². The molecule has 4 heteroatoms. The monoisotopic (exact) mass is 287 g/mol. The summed E-state index contributed by atoms with van der Waals surface area (Å²) in [6.45, 7) is 4.90. The normalized spacial score (nSPS) is 19.6. The number of piperidine rings is 1. The van der Waals surface area contributed by atoms with E-state index in [9.17, 15) is 4.79 Å². The Morgan fingerprint density at radius 2 is 2.00 bits per heavy atom. The molecule has 0 bridgehead atoms. The minimum atomic E-state index is 0.0289. The van der Waals surface area contributed by atoms with E-state index in [2.05, 4.69) is 10.6 Å². The molecule has 0 unspecified atom stereocenters. The topological polar surface area (TPSA) is 44.4 Å². The van der Waals surface area contributed by atoms with Crippen molar-refractivity contribution < 1.29 is 4.79 Å². The number of aryl methyl sites for hydroxylation is 1. The van der Waals surface area contributed by atoms with E-state index in [1.165, 1.54) is 19.4 Å². The zero-order chi connectivity index (χ0) is 14.7. The van der Waals surface area contributed by atoms with Crippen molar-refractivity contribution in [1.82, 2.24) is 10.2 Å². The minimum absolute atomic E-state index is 0.0289. The largest absolute Gasteiger partial charge is 0.324 e. The molecule has 2 N–H and O–H groups in total. The fourth-order valence-electron chi connectivity index (χ4n) is 2.87. The predicted octanol–water partition coefficient (Wildman–Crippen LogP) is 2.99. The summed E-state index contributed by atoms with van der Waals surface area (Å²) in [7, 11) is 0. The highest BCUT2D eigenvalue weighted by Gasteiger charge is 2.25. The molecule has 1 saturated heterocycles. The molecule has 0 atom stereocenters. The highest BCUT2D eigenvalue weighted by molar-refractivity contribution is 5.89. The molecule has 1 aliphatic heterocycles. The van der Waals surface area contributed by atoms with Gasteiger partial charge in [-0.1, -0.05) is 12.1 Å². The van der Waals surface area contributed by atoms with Crippen LogP contribution in [0, 0.1) is 12.8 Å². The number of nitrogens with one attached hydrogen (secondary N) is 2. The lowest BCUT2D eigenvalue weighted by molar-refractivity contribution is 0.189. The van der Waals surface area contributed by atoms with Crippen LogP contribution in [0.4, 0.5) is 10.5 Å². The van der Waals surface area contributed by atoms with Gasteiger partial charge in [0.15, 0.2) is 0 Å². The first-order valence-electron chi connectivity index (χ1n) is 8.07. The van der Waals surface area contributed by atoms with Crippen molar-refractivity contribution in [2.75, 3.05) is 25.0 Å². The Hall–Kier alpha value is -1.55. The number of benzene rings is 1. The number of carbonyl (C=O) groups is 1. The predicted molar refractivity (Wildman–Crippen MR) is 85.5 cm³/mol. The Kier molecular flexibility index (Phi) is 4.44. The standard InChI is InChI=1S/C17H25N3O/c1-13-3-2-4-16(11-13)19-17(21)20-9-7-15(8-10-20)18-12-14-5-6-14/h2-4,11,14-15,18H,5-10,12H2,1H3,(H,19,21). The molecule has 21 heavy (non-hydrogen) atoms. The Morgan fingerprint density at radius 1 is 1.24 bits per heavy atom. The van der Waals surface area contributed by atoms with Crippen LogP contribution in [0.15, 0.2) is 24.3 Å². The summed E-state index contributed by atoms with van der Waals surface area (Å²) in [4.78, 5) is 14.2. The molecular weight excluding hydrogens is 262 g/mol. The number of hydrogen-bond acceptors (Lipinski definition) is 2. The summed E-state index contributed by atoms with van der Waals surface area (Å²) in [5.41, 5.74) is 2.05. The molecule has 4 nitrogen and oxygen atoms in total. The maximum Gasteiger partial charge on any atom is 0.321 e. The zero-order valence-corrected chi connectivity index (χ0v) is 12.8. The first kappa shape index (κ1) is 14.4. The number of anilines is 1. The van der Waals surface area contributed by atoms with Crippen LogP contribution in [0.3, 0.4) is 0 Å². The van der Waals surface area contributed by atoms with Crippen molar-refractivity contribution in [3.8, 4) is 0 Å². The number of carbonyl (C=O) groups excluding carboxylic acids is 1. The van der Waals surface area contributed by atoms with Gasteiger partial charge in [0.1, 0.15) is 0 Å². The summed E-state index contributed by atoms with van der Waals surface area (Å²) < 4.78 is 0. The van der Waals surface area contributed by atoms with Crippen LogP contribution in [0.25, 0.3) is 0 Å². The molecule has 2 fully saturated rings. The van der Waals surface area contributed by atoms with E-state index in [-0.39, 0.29) is 6.03 Å². The third kappa shape index (κ3) is 4.21. The Balaban J connectivity index is 1.43. The fraction of sp³-hybridized carbons (Fsp3) is 0.588. The second-order valence-corrected chi connectivity index (χ2v) is 6.41. The fourth-order valence-corrected chi connectivity index (χ4v) is 2.87. The third-order valence-electron chi connectivity index (χ3n) is 4.44. The van der Waals surface area contributed by atoms with Gasteiger partial charge in [-0.05, 0) is 62.8 Å². The highest BCUT2D eigenvalue weighted by atomic mass is 16.2. The molecule has 1 aromatic rings. The Labute approximate surface area is 126 Å². The van der Waals surface area contributed by atoms with E-state index in [1.807, 2.05) is 36.1 Å². The summed E-state index contributed by atoms with van der Waals surface area (Å²) in [6.07, 6.45) is 4.91. The molecule has 3 rings (SSSR count). The first-order valence-corrected chi connectivity index (χ1v) is 8.07. The van der Waals surface area contributed by atoms with Gasteiger partial charge >= 0.3 is 6.03 Å². The van der Waals surface area contributed by atoms with Gasteiger partial charge in [0, 0.05) is 24.8 Å². The smallest absolute Gasteiger partial charge is 0.321 e. The van der Waals surface area contributed by atoms with Gasteiger partial charge in [-0.25, -0.2) is 4.79 Å². The van der Waals surface area contributed by atoms with E-state index >= 15 is 0 Å². The number of urea groups is 1. The molecule has 1 saturated carbocycles. The molecule has 1 aliphatic carbocycles. The van der Waals surface area contributed by atoms with E-state index in [0.29, 0.717) is 6.04 Å². The molecule has 2 amide bonds. The van der Waals surface area contributed by atoms with Crippen LogP contribution in [-0.4, -0.2) is 36.6 Å². The van der Waals surface area contributed by atoms with Crippen molar-refractivity contribution >= 4 is 11.7 Å². The van der Waals surface area contributed by atoms with E-state index in [4.69, 9.17) is 0 Å². The van der Waals surface area contributed by atoms with Gasteiger partial charge in [-0.2, -0.15) is 0 Å². The van der Waals surface area contributed by atoms with E-state index < -0.39 is 0 Å². The van der Waals surface area contributed by atoms with Crippen molar-refractivity contribution in [3.63, 3.8) is 0 Å². The second-order valence-electron chi connectivity index (χ2n) is 6.41. The number of amides is 2. The summed E-state index contributed by atoms with van der Waals surface area (Å²) in [5.74, 6) is 0.924. The summed E-state index contributed by atoms with van der Waals surface area (Å²) >= 11 is 0. The maximum absolute atomic E-state index is 12.3. The quantitative estimate of drug-likeness (QED) is 0.894. The van der Waals surface area contributed by atoms with E-state index in [0.717, 1.165) is 43.1 Å². The van der Waals surface area contributed by atoms with Crippen LogP contribution in [0.2, 0.25) is 0 Å². The average Bonchev–Trinajstić information content (AvgIpc) is 3.30. The van der Waals surface area contributed by atoms with E-state index in [1.54, 1.807) is 0 Å². The molecule has 2 aliphatic rings. The molecule has 0 spiro atoms. The van der Waals surface area contributed by atoms with Crippen molar-refractivity contribution in [3.05, 3.63) is 29.8 Å². The lowest BCUT2D eigenvalue weighted by Gasteiger charge is -2.32. The third-order valence-corrected chi connectivity index (χ3v) is 4.44. The van der Waals surface area contributed by atoms with Crippen molar-refractivity contribution in [1.29, 1.82) is 0 Å². The second kappa shape index (κ2) is 6.48. The molecule has 1 aromatic carbocycles. The number of likely N-dealkylation sites (tertiary alicyclic amines) is 1. The molecule has 114 valence electrons. The molecule has 1 heterocycles. The first-order chi connectivity index (χ1) is 10.2. The molecule has 0 aromatic heterocycles. The lowest BCUT2D eigenvalue weighted by atomic mass is 10.1. The SMILES string of the molecule is Cc1cccc(NC(=O)N2CCC(NCC3CC3)CC2)c1. The van der Waals surface area contributed by atoms with Crippen LogP contribution in [0.1, 0.15) is 31.2 Å². The Morgan fingerprint density at radius 3 is 2.67 bits per heavy atom. The van der Waals surface area contributed by atoms with Gasteiger partial charge in [0.25, 0.3) is 0 Å². The van der Waals surface area contributed by atoms with Gasteiger partial charge in [-0.3, -0.25) is 0 Å². The van der Waals surface area contributed by atoms with Crippen LogP contribution < -0.4 is 10.6 Å². The zero-order valence-electron chi connectivity index (χ0n) is 12.8. The van der Waals surface area contributed by atoms with Crippen molar-refractivity contribution in [2.45, 2.75) is 38.6 Å². The van der Waals surface area contributed by atoms with Crippen LogP contribution in [-0.2, 0) is 0 Å². The summed E-state index contributed by atoms with van der Waals surface area (Å²) in [5, 5.41) is 6.64. The number of hydrogen-bond donors (Lipinski definition) is 2. The van der Waals surface area contributed by atoms with Crippen molar-refractivity contribution in [2.24, 2.45) is 5.92 Å². The number of rotatable bonds is 4. The molecule has 0 radical (unpaired) electrons. The van der Waals surface area contributed by atoms with Crippen LogP contribution >= 0.6 is 0 Å². The summed E-state index contributed by atoms with van der Waals surface area (Å²) in [6, 6.07) is 8.57. The van der Waals surface area contributed by atoms with Gasteiger partial charge in [0.2, 0.25) is 0 Å².